The van der Waals surface area contributed by atoms with E-state index < -0.39 is 5.56 Å². The predicted octanol–water partition coefficient (Wildman–Crippen LogP) is 0.324. The number of likely N-dealkylation sites (N-methyl/N-ethyl adjacent to an activating group) is 1. The SMILES string of the molecule is CN1CCN(C(=O)Cn2cnc(Cl)c(Cl)c2=O)CC1. The molecule has 0 N–H and O–H groups in total. The Morgan fingerprint density at radius 2 is 1.95 bits per heavy atom. The molecule has 0 spiro atoms. The number of nitrogens with zero attached hydrogens (tertiary/aromatic N) is 4. The molecule has 8 heteroatoms. The van der Waals surface area contributed by atoms with Crippen molar-refractivity contribution in [2.45, 2.75) is 6.54 Å². The summed E-state index contributed by atoms with van der Waals surface area (Å²) >= 11 is 11.3. The summed E-state index contributed by atoms with van der Waals surface area (Å²) in [7, 11) is 2.01. The normalized spacial score (nSPS) is 16.7. The number of carbonyl (C=O) groups is 1. The van der Waals surface area contributed by atoms with Gasteiger partial charge < -0.3 is 9.80 Å². The molecule has 1 aliphatic heterocycles. The lowest BCUT2D eigenvalue weighted by Gasteiger charge is -2.32. The van der Waals surface area contributed by atoms with E-state index in [9.17, 15) is 9.59 Å². The molecule has 1 aromatic heterocycles. The number of carbonyl (C=O) groups excluding carboxylic acids is 1. The van der Waals surface area contributed by atoms with E-state index >= 15 is 0 Å². The number of aromatic nitrogens is 2. The van der Waals surface area contributed by atoms with E-state index in [1.807, 2.05) is 7.05 Å². The molecule has 1 saturated heterocycles. The van der Waals surface area contributed by atoms with Crippen molar-refractivity contribution in [2.75, 3.05) is 33.2 Å². The third-order valence-corrected chi connectivity index (χ3v) is 3.83. The van der Waals surface area contributed by atoms with Crippen molar-refractivity contribution in [1.82, 2.24) is 19.4 Å². The number of amides is 1. The average Bonchev–Trinajstić information content (AvgIpc) is 2.40. The second kappa shape index (κ2) is 5.90. The van der Waals surface area contributed by atoms with Crippen molar-refractivity contribution in [1.29, 1.82) is 0 Å². The molecule has 0 radical (unpaired) electrons. The zero-order chi connectivity index (χ0) is 14.0. The van der Waals surface area contributed by atoms with Crippen molar-refractivity contribution in [3.8, 4) is 0 Å². The van der Waals surface area contributed by atoms with Gasteiger partial charge in [0.2, 0.25) is 5.91 Å². The number of hydrogen-bond donors (Lipinski definition) is 0. The van der Waals surface area contributed by atoms with Crippen LogP contribution in [0.15, 0.2) is 11.1 Å². The van der Waals surface area contributed by atoms with E-state index in [1.165, 1.54) is 10.9 Å². The fourth-order valence-electron chi connectivity index (χ4n) is 1.86. The van der Waals surface area contributed by atoms with Crippen LogP contribution < -0.4 is 5.56 Å². The molecular weight excluding hydrogens is 291 g/mol. The Balaban J connectivity index is 2.07. The van der Waals surface area contributed by atoms with Gasteiger partial charge in [0.25, 0.3) is 5.56 Å². The van der Waals surface area contributed by atoms with Crippen LogP contribution >= 0.6 is 23.2 Å². The first-order chi connectivity index (χ1) is 8.99. The lowest BCUT2D eigenvalue weighted by Crippen LogP contribution is -2.48. The molecule has 6 nitrogen and oxygen atoms in total. The molecule has 1 fully saturated rings. The predicted molar refractivity (Wildman–Crippen MR) is 72.6 cm³/mol. The maximum Gasteiger partial charge on any atom is 0.274 e. The summed E-state index contributed by atoms with van der Waals surface area (Å²) in [6, 6.07) is 0. The monoisotopic (exact) mass is 304 g/mol. The molecule has 1 aliphatic rings. The second-order valence-corrected chi connectivity index (χ2v) is 5.20. The van der Waals surface area contributed by atoms with Crippen molar-refractivity contribution >= 4 is 29.1 Å². The van der Waals surface area contributed by atoms with Gasteiger partial charge in [-0.3, -0.25) is 14.2 Å². The first-order valence-corrected chi connectivity index (χ1v) is 6.61. The number of hydrogen-bond acceptors (Lipinski definition) is 4. The van der Waals surface area contributed by atoms with Gasteiger partial charge in [0.15, 0.2) is 5.15 Å². The molecule has 2 rings (SSSR count). The van der Waals surface area contributed by atoms with E-state index in [0.717, 1.165) is 13.1 Å². The fourth-order valence-corrected chi connectivity index (χ4v) is 2.14. The molecule has 0 saturated carbocycles. The smallest absolute Gasteiger partial charge is 0.274 e. The van der Waals surface area contributed by atoms with Crippen LogP contribution in [-0.2, 0) is 11.3 Å². The highest BCUT2D eigenvalue weighted by Crippen LogP contribution is 2.12. The van der Waals surface area contributed by atoms with Crippen molar-refractivity contribution in [2.24, 2.45) is 0 Å². The number of rotatable bonds is 2. The summed E-state index contributed by atoms with van der Waals surface area (Å²) in [4.78, 5) is 31.5. The van der Waals surface area contributed by atoms with Crippen molar-refractivity contribution in [3.05, 3.63) is 26.9 Å². The van der Waals surface area contributed by atoms with E-state index in [-0.39, 0.29) is 22.6 Å². The molecule has 0 aliphatic carbocycles. The lowest BCUT2D eigenvalue weighted by atomic mass is 10.3. The minimum absolute atomic E-state index is 0.0463. The molecule has 1 aromatic rings. The van der Waals surface area contributed by atoms with Crippen LogP contribution in [0.3, 0.4) is 0 Å². The third kappa shape index (κ3) is 3.26. The van der Waals surface area contributed by atoms with E-state index in [4.69, 9.17) is 23.2 Å². The molecule has 2 heterocycles. The minimum atomic E-state index is -0.496. The minimum Gasteiger partial charge on any atom is -0.339 e. The molecule has 0 unspecified atom stereocenters. The van der Waals surface area contributed by atoms with Crippen LogP contribution in [0.1, 0.15) is 0 Å². The van der Waals surface area contributed by atoms with Crippen molar-refractivity contribution < 1.29 is 4.79 Å². The Morgan fingerprint density at radius 3 is 2.58 bits per heavy atom. The van der Waals surface area contributed by atoms with Crippen LogP contribution in [0.5, 0.6) is 0 Å². The molecule has 0 aromatic carbocycles. The summed E-state index contributed by atoms with van der Waals surface area (Å²) in [6.07, 6.45) is 1.24. The third-order valence-electron chi connectivity index (χ3n) is 3.10. The van der Waals surface area contributed by atoms with E-state index in [1.54, 1.807) is 4.90 Å². The summed E-state index contributed by atoms with van der Waals surface area (Å²) < 4.78 is 1.18. The Morgan fingerprint density at radius 1 is 1.32 bits per heavy atom. The van der Waals surface area contributed by atoms with Crippen LogP contribution in [0.25, 0.3) is 0 Å². The quantitative estimate of drug-likeness (QED) is 0.739. The topological polar surface area (TPSA) is 58.4 Å². The Labute approximate surface area is 120 Å². The molecule has 19 heavy (non-hydrogen) atoms. The van der Waals surface area contributed by atoms with E-state index in [0.29, 0.717) is 13.1 Å². The second-order valence-electron chi connectivity index (χ2n) is 4.47. The largest absolute Gasteiger partial charge is 0.339 e. The van der Waals surface area contributed by atoms with Crippen LogP contribution in [-0.4, -0.2) is 58.5 Å². The molecule has 104 valence electrons. The highest BCUT2D eigenvalue weighted by Gasteiger charge is 2.20. The van der Waals surface area contributed by atoms with Gasteiger partial charge >= 0.3 is 0 Å². The Bertz CT molecular complexity index is 538. The standard InChI is InChI=1S/C11H14Cl2N4O2/c1-15-2-4-16(5-3-15)8(18)6-17-7-14-10(13)9(12)11(17)19/h7H,2-6H2,1H3. The average molecular weight is 305 g/mol. The first-order valence-electron chi connectivity index (χ1n) is 5.86. The summed E-state index contributed by atoms with van der Waals surface area (Å²) in [5, 5.41) is -0.203. The summed E-state index contributed by atoms with van der Waals surface area (Å²) in [6.45, 7) is 2.94. The maximum absolute atomic E-state index is 12.1. The summed E-state index contributed by atoms with van der Waals surface area (Å²) in [5.41, 5.74) is -0.496. The fraction of sp³-hybridized carbons (Fsp3) is 0.545. The van der Waals surface area contributed by atoms with Crippen LogP contribution in [0.2, 0.25) is 10.2 Å². The number of halogens is 2. The van der Waals surface area contributed by atoms with Gasteiger partial charge in [0, 0.05) is 26.2 Å². The highest BCUT2D eigenvalue weighted by molar-refractivity contribution is 6.40. The molecule has 0 atom stereocenters. The lowest BCUT2D eigenvalue weighted by molar-refractivity contribution is -0.133. The summed E-state index contributed by atoms with van der Waals surface area (Å²) in [5.74, 6) is -0.115. The highest BCUT2D eigenvalue weighted by atomic mass is 35.5. The van der Waals surface area contributed by atoms with Gasteiger partial charge in [-0.1, -0.05) is 23.2 Å². The van der Waals surface area contributed by atoms with Gasteiger partial charge in [0.05, 0.1) is 6.33 Å². The van der Waals surface area contributed by atoms with Crippen LogP contribution in [0.4, 0.5) is 0 Å². The molecule has 1 amide bonds. The Kier molecular flexibility index (Phi) is 4.44. The van der Waals surface area contributed by atoms with E-state index in [2.05, 4.69) is 9.88 Å². The van der Waals surface area contributed by atoms with Gasteiger partial charge in [-0.15, -0.1) is 0 Å². The first kappa shape index (κ1) is 14.3. The Hall–Kier alpha value is -1.11. The van der Waals surface area contributed by atoms with Gasteiger partial charge in [0.1, 0.15) is 11.6 Å². The molecular formula is C11H14Cl2N4O2. The van der Waals surface area contributed by atoms with Crippen LogP contribution in [0, 0.1) is 0 Å². The number of piperazine rings is 1. The zero-order valence-corrected chi connectivity index (χ0v) is 12.0. The van der Waals surface area contributed by atoms with Gasteiger partial charge in [-0.2, -0.15) is 0 Å². The molecule has 0 bridgehead atoms. The van der Waals surface area contributed by atoms with Crippen molar-refractivity contribution in [3.63, 3.8) is 0 Å². The zero-order valence-electron chi connectivity index (χ0n) is 10.5. The maximum atomic E-state index is 12.1. The van der Waals surface area contributed by atoms with Gasteiger partial charge in [-0.05, 0) is 7.05 Å². The van der Waals surface area contributed by atoms with Gasteiger partial charge in [-0.25, -0.2) is 4.98 Å².